The minimum atomic E-state index is -1.66. The van der Waals surface area contributed by atoms with Crippen LogP contribution in [0.25, 0.3) is 21.3 Å². The number of imide groups is 1. The molecule has 14 rings (SSSR count). The van der Waals surface area contributed by atoms with Gasteiger partial charge in [0.05, 0.1) is 35.2 Å². The van der Waals surface area contributed by atoms with Gasteiger partial charge in [-0.15, -0.1) is 0 Å². The van der Waals surface area contributed by atoms with Gasteiger partial charge in [-0.1, -0.05) is 94.0 Å². The van der Waals surface area contributed by atoms with Gasteiger partial charge >= 0.3 is 18.1 Å². The molecule has 8 amide bonds. The Morgan fingerprint density at radius 2 is 1.52 bits per heavy atom. The smallest absolute Gasteiger partial charge is 0.410 e. The van der Waals surface area contributed by atoms with E-state index >= 15 is 0 Å². The molecular formula is C85H102N12O18S. The van der Waals surface area contributed by atoms with Crippen LogP contribution in [0.2, 0.25) is 0 Å². The van der Waals surface area contributed by atoms with E-state index in [4.69, 9.17) is 34.8 Å². The first kappa shape index (κ1) is 83.4. The van der Waals surface area contributed by atoms with E-state index in [9.17, 15) is 68.7 Å². The second-order valence-corrected chi connectivity index (χ2v) is 34.2. The van der Waals surface area contributed by atoms with Crippen molar-refractivity contribution in [3.8, 4) is 16.9 Å². The molecule has 4 aromatic carbocycles. The van der Waals surface area contributed by atoms with Gasteiger partial charge in [0.15, 0.2) is 10.8 Å². The van der Waals surface area contributed by atoms with Crippen LogP contribution in [0.5, 0.6) is 5.75 Å². The topological polar surface area (TPSA) is 419 Å². The molecule has 616 valence electrons. The highest BCUT2D eigenvalue weighted by Crippen LogP contribution is 2.72. The standard InChI is InChI=1S/C85H102N12O18S/c1-50(2)60(37-56(99)14-7-6-10-33-96-68(100)29-30-69(96)101)75(106)90-64(17-12-32-87-79(86)110)76(107)89-55-23-19-53(20-24-55)42-112-81(111)95(39-52-21-25-57(26-22-52)114-78-73(104)72(103)71(102)65(41-98)115-78)35-36-113-85-46-82(4)43-83(5,47-85)45-84(44-82,48-85)49-97-51(3)61(38-88-97)58-27-28-67(92-70(58)77(108)109)94-34-31-54-13-11-15-59(62(54)40-94)74(105)93-80-91-63-16-8-9-18-66(63)116-80/h8-9,11,13,15-16,18-30,38,50,60,64-65,71-73,78,98,102-104H,6-7,10,12,14,17,31-37,39-49H2,1-5H3,(H,89,107)(H,90,106)(H,108,109)(H3,86,87,110)(H,91,93,105)/t60-,64-,65+,71+,72-,73+,78-,82?,83?,84?,85?/m0/s1. The van der Waals surface area contributed by atoms with Crippen molar-refractivity contribution >= 4 is 91.6 Å². The lowest BCUT2D eigenvalue weighted by atomic mass is 9.39. The summed E-state index contributed by atoms with van der Waals surface area (Å²) in [5.74, 6) is -3.76. The predicted octanol–water partition coefficient (Wildman–Crippen LogP) is 9.12. The van der Waals surface area contributed by atoms with E-state index in [2.05, 4.69) is 40.1 Å². The number of carbonyl (C=O) groups is 9. The van der Waals surface area contributed by atoms with E-state index < -0.39 is 84.8 Å². The number of rotatable bonds is 35. The molecule has 4 bridgehead atoms. The highest BCUT2D eigenvalue weighted by atomic mass is 32.1. The van der Waals surface area contributed by atoms with Gasteiger partial charge in [0.25, 0.3) is 17.7 Å². The molecular weight excluding hydrogens is 1510 g/mol. The molecule has 11 N–H and O–H groups in total. The average molecular weight is 1610 g/mol. The number of hydrogen-bond acceptors (Lipinski definition) is 22. The number of aromatic carboxylic acids is 1. The number of hydrogen-bond donors (Lipinski definition) is 10. The van der Waals surface area contributed by atoms with Crippen LogP contribution in [-0.2, 0) is 70.8 Å². The van der Waals surface area contributed by atoms with Crippen molar-refractivity contribution in [1.29, 1.82) is 0 Å². The van der Waals surface area contributed by atoms with E-state index in [1.54, 1.807) is 66.9 Å². The molecule has 0 spiro atoms. The molecule has 5 fully saturated rings. The van der Waals surface area contributed by atoms with Crippen LogP contribution in [0.1, 0.15) is 160 Å². The first-order valence-electron chi connectivity index (χ1n) is 39.7. The number of carboxylic acid groups (broad SMARTS) is 1. The summed E-state index contributed by atoms with van der Waals surface area (Å²) in [6.07, 6.45) is 3.84. The lowest BCUT2D eigenvalue weighted by Gasteiger charge is -2.69. The fourth-order valence-electron chi connectivity index (χ4n) is 18.8. The maximum Gasteiger partial charge on any atom is 0.410 e. The van der Waals surface area contributed by atoms with E-state index in [0.29, 0.717) is 96.2 Å². The number of anilines is 3. The fraction of sp³-hybridized carbons (Fsp3) is 0.482. The Kier molecular flexibility index (Phi) is 25.5. The summed E-state index contributed by atoms with van der Waals surface area (Å²) in [6.45, 7) is 11.5. The highest BCUT2D eigenvalue weighted by Gasteiger charge is 2.66. The maximum atomic E-state index is 14.6. The third-order valence-corrected chi connectivity index (χ3v) is 24.4. The molecule has 2 unspecified atom stereocenters. The first-order chi connectivity index (χ1) is 55.5. The normalized spacial score (nSPS) is 23.8. The van der Waals surface area contributed by atoms with Crippen LogP contribution in [0, 0.1) is 35.0 Å². The van der Waals surface area contributed by atoms with Crippen LogP contribution in [0.3, 0.4) is 0 Å². The number of carboxylic acids is 1. The number of para-hydroxylation sites is 1. The number of nitrogens with two attached hydrogens (primary N) is 1. The van der Waals surface area contributed by atoms with E-state index in [-0.39, 0.29) is 122 Å². The number of primary amides is 1. The molecule has 6 heterocycles. The number of urea groups is 1. The van der Waals surface area contributed by atoms with Crippen molar-refractivity contribution in [2.24, 2.45) is 33.8 Å². The van der Waals surface area contributed by atoms with Gasteiger partial charge in [0.1, 0.15) is 54.4 Å². The molecule has 30 nitrogen and oxygen atoms in total. The molecule has 3 aliphatic heterocycles. The number of nitrogens with zero attached hydrogens (tertiary/aromatic N) is 7. The molecule has 31 heteroatoms. The second kappa shape index (κ2) is 35.5. The van der Waals surface area contributed by atoms with Gasteiger partial charge in [-0.25, -0.2) is 24.4 Å². The summed E-state index contributed by atoms with van der Waals surface area (Å²) in [4.78, 5) is 133. The zero-order valence-corrected chi connectivity index (χ0v) is 66.6. The molecule has 9 atom stereocenters. The number of ether oxygens (including phenoxy) is 4. The van der Waals surface area contributed by atoms with Crippen LogP contribution in [0.15, 0.2) is 121 Å². The van der Waals surface area contributed by atoms with E-state index in [0.717, 1.165) is 64.0 Å². The summed E-state index contributed by atoms with van der Waals surface area (Å²) in [5.41, 5.74) is 10.7. The Bertz CT molecular complexity index is 4790. The molecule has 7 aliphatic rings. The Balaban J connectivity index is 0.665. The molecule has 4 saturated carbocycles. The first-order valence-corrected chi connectivity index (χ1v) is 40.5. The molecule has 0 radical (unpaired) electrons. The fourth-order valence-corrected chi connectivity index (χ4v) is 19.7. The average Bonchev–Trinajstić information content (AvgIpc) is 1.08. The number of fused-ring (bicyclic) bond motifs is 2. The number of aliphatic hydroxyl groups excluding tert-OH is 4. The number of unbranched alkanes of at least 4 members (excludes halogenated alkanes) is 2. The second-order valence-electron chi connectivity index (χ2n) is 33.1. The van der Waals surface area contributed by atoms with Gasteiger partial charge in [-0.05, 0) is 177 Å². The SMILES string of the molecule is Cc1c(-c2ccc(N3CCc4cccc(C(=O)Nc5nc6ccccc6s5)c4C3)nc2C(=O)O)cnn1CC12CC3(C)CC(C)(C1)CC(OCCN(Cc1ccc(O[C@H]4O[C@H](CO)[C@@H](O)[C@H](O)[C@H]4O)cc1)C(=O)OCc1ccc(NC(=O)[C@H](CCCNC(N)=O)NC(=O)[C@@H](CC(=O)CCCCCN4C(=O)C=CC4=O)C(C)C)cc1)(C3)C2. The highest BCUT2D eigenvalue weighted by molar-refractivity contribution is 7.22. The number of aliphatic hydroxyl groups is 4. The lowest BCUT2D eigenvalue weighted by molar-refractivity contribution is -0.277. The summed E-state index contributed by atoms with van der Waals surface area (Å²) in [7, 11) is 0. The predicted molar refractivity (Wildman–Crippen MR) is 428 cm³/mol. The van der Waals surface area contributed by atoms with Crippen molar-refractivity contribution in [3.05, 3.63) is 161 Å². The van der Waals surface area contributed by atoms with Gasteiger partial charge in [0, 0.05) is 105 Å². The molecule has 3 aromatic heterocycles. The molecule has 4 aliphatic carbocycles. The molecule has 116 heavy (non-hydrogen) atoms. The zero-order chi connectivity index (χ0) is 82.4. The lowest BCUT2D eigenvalue weighted by Crippen LogP contribution is -2.64. The van der Waals surface area contributed by atoms with Gasteiger partial charge in [-0.2, -0.15) is 5.10 Å². The Labute approximate surface area is 675 Å². The Morgan fingerprint density at radius 3 is 2.22 bits per heavy atom. The van der Waals surface area contributed by atoms with Crippen LogP contribution in [-0.4, -0.2) is 190 Å². The largest absolute Gasteiger partial charge is 0.476 e. The zero-order valence-electron chi connectivity index (χ0n) is 65.8. The summed E-state index contributed by atoms with van der Waals surface area (Å²) < 4.78 is 27.7. The number of benzene rings is 4. The number of carbonyl (C=O) groups excluding carboxylic acids is 8. The van der Waals surface area contributed by atoms with Gasteiger partial charge in [-0.3, -0.25) is 43.7 Å². The van der Waals surface area contributed by atoms with E-state index in [1.807, 2.05) is 72.8 Å². The van der Waals surface area contributed by atoms with Crippen molar-refractivity contribution in [3.63, 3.8) is 0 Å². The number of nitrogens with one attached hydrogen (secondary N) is 4. The molecule has 1 saturated heterocycles. The van der Waals surface area contributed by atoms with Crippen LogP contribution in [0.4, 0.5) is 26.2 Å². The van der Waals surface area contributed by atoms with Crippen LogP contribution < -0.4 is 36.6 Å². The van der Waals surface area contributed by atoms with Crippen molar-refractivity contribution in [2.75, 3.05) is 54.9 Å². The number of Topliss-reactive ketones (excluding diaryl/α,β-unsaturated/α-hetero) is 1. The number of aromatic nitrogens is 4. The quantitative estimate of drug-likeness (QED) is 0.0131. The number of pyridine rings is 1. The summed E-state index contributed by atoms with van der Waals surface area (Å²) in [6, 6.07) is 28.4. The summed E-state index contributed by atoms with van der Waals surface area (Å²) in [5, 5.41) is 68.9. The van der Waals surface area contributed by atoms with E-state index in [1.165, 1.54) is 28.4 Å². The van der Waals surface area contributed by atoms with Gasteiger partial charge in [0.2, 0.25) is 18.1 Å². The summed E-state index contributed by atoms with van der Waals surface area (Å²) >= 11 is 1.40. The number of amides is 8. The minimum absolute atomic E-state index is 0.0427. The monoisotopic (exact) mass is 1610 g/mol. The Hall–Kier alpha value is -10.5. The van der Waals surface area contributed by atoms with Crippen molar-refractivity contribution < 1.29 is 87.6 Å². The van der Waals surface area contributed by atoms with Crippen molar-refractivity contribution in [2.45, 2.75) is 193 Å². The minimum Gasteiger partial charge on any atom is -0.476 e. The van der Waals surface area contributed by atoms with Gasteiger partial charge < -0.3 is 76.0 Å². The molecule has 7 aromatic rings. The number of ketones is 1. The maximum absolute atomic E-state index is 14.6. The third-order valence-electron chi connectivity index (χ3n) is 23.4. The Morgan fingerprint density at radius 1 is 0.784 bits per heavy atom. The van der Waals surface area contributed by atoms with Crippen LogP contribution >= 0.6 is 11.3 Å². The number of thiazole rings is 1. The van der Waals surface area contributed by atoms with Crippen molar-refractivity contribution in [1.82, 2.24) is 40.2 Å². The third kappa shape index (κ3) is 19.4.